The Morgan fingerprint density at radius 1 is 1.53 bits per heavy atom. The van der Waals surface area contributed by atoms with E-state index in [4.69, 9.17) is 11.2 Å². The topological polar surface area (TPSA) is 47.6 Å². The quantitative estimate of drug-likeness (QED) is 0.813. The molecular formula is C13H15NO3. The first kappa shape index (κ1) is 12.9. The van der Waals surface area contributed by atoms with Gasteiger partial charge in [-0.1, -0.05) is 12.0 Å². The van der Waals surface area contributed by atoms with Gasteiger partial charge in [0.2, 0.25) is 0 Å². The summed E-state index contributed by atoms with van der Waals surface area (Å²) in [6, 6.07) is 7.06. The second-order valence-corrected chi connectivity index (χ2v) is 3.60. The number of hydrogen-bond donors (Lipinski definition) is 1. The highest BCUT2D eigenvalue weighted by atomic mass is 16.5. The van der Waals surface area contributed by atoms with Crippen molar-refractivity contribution in [2.45, 2.75) is 20.0 Å². The molecule has 1 N–H and O–H groups in total. The van der Waals surface area contributed by atoms with Gasteiger partial charge < -0.3 is 9.47 Å². The number of carbonyl (C=O) groups excluding carboxylic acids is 1. The highest BCUT2D eigenvalue weighted by Gasteiger charge is 2.04. The first-order valence-electron chi connectivity index (χ1n) is 5.26. The molecule has 0 radical (unpaired) electrons. The lowest BCUT2D eigenvalue weighted by atomic mass is 10.3. The van der Waals surface area contributed by atoms with Crippen molar-refractivity contribution in [1.29, 1.82) is 0 Å². The molecule has 0 aliphatic carbocycles. The van der Waals surface area contributed by atoms with Gasteiger partial charge in [0.1, 0.15) is 5.75 Å². The van der Waals surface area contributed by atoms with Crippen LogP contribution in [0.5, 0.6) is 5.75 Å². The molecule has 4 nitrogen and oxygen atoms in total. The van der Waals surface area contributed by atoms with Gasteiger partial charge in [-0.25, -0.2) is 4.79 Å². The maximum absolute atomic E-state index is 11.2. The third kappa shape index (κ3) is 4.94. The predicted octanol–water partition coefficient (Wildman–Crippen LogP) is 2.66. The number of amides is 1. The van der Waals surface area contributed by atoms with Crippen molar-refractivity contribution in [2.24, 2.45) is 0 Å². The Bertz CT molecular complexity index is 421. The van der Waals surface area contributed by atoms with E-state index < -0.39 is 6.09 Å². The lowest BCUT2D eigenvalue weighted by Gasteiger charge is -2.11. The lowest BCUT2D eigenvalue weighted by molar-refractivity contribution is 0.176. The minimum Gasteiger partial charge on any atom is -0.491 e. The summed E-state index contributed by atoms with van der Waals surface area (Å²) in [6.45, 7) is 3.82. The van der Waals surface area contributed by atoms with Crippen LogP contribution in [0.25, 0.3) is 0 Å². The molecule has 0 saturated heterocycles. The van der Waals surface area contributed by atoms with Crippen LogP contribution in [0.4, 0.5) is 10.5 Å². The van der Waals surface area contributed by atoms with Gasteiger partial charge in [0, 0.05) is 11.8 Å². The summed E-state index contributed by atoms with van der Waals surface area (Å²) in [7, 11) is 0. The Balaban J connectivity index is 2.59. The summed E-state index contributed by atoms with van der Waals surface area (Å²) in [5.41, 5.74) is 0.602. The van der Waals surface area contributed by atoms with Crippen LogP contribution in [0, 0.1) is 12.3 Å². The summed E-state index contributed by atoms with van der Waals surface area (Å²) in [5.74, 6) is 2.90. The summed E-state index contributed by atoms with van der Waals surface area (Å²) in [4.78, 5) is 11.2. The Morgan fingerprint density at radius 2 is 2.29 bits per heavy atom. The van der Waals surface area contributed by atoms with Crippen molar-refractivity contribution in [3.05, 3.63) is 24.3 Å². The van der Waals surface area contributed by atoms with E-state index in [-0.39, 0.29) is 12.7 Å². The van der Waals surface area contributed by atoms with Crippen LogP contribution < -0.4 is 10.1 Å². The number of ether oxygens (including phenoxy) is 2. The van der Waals surface area contributed by atoms with Crippen LogP contribution in [0.15, 0.2) is 24.3 Å². The zero-order chi connectivity index (χ0) is 12.7. The van der Waals surface area contributed by atoms with Crippen molar-refractivity contribution >= 4 is 11.8 Å². The fraction of sp³-hybridized carbons (Fsp3) is 0.308. The molecule has 0 aromatic heterocycles. The van der Waals surface area contributed by atoms with Crippen LogP contribution in [0.2, 0.25) is 0 Å². The molecule has 1 aromatic rings. The molecule has 0 heterocycles. The molecule has 4 heteroatoms. The molecule has 0 aliphatic rings. The number of nitrogens with one attached hydrogen (secondary N) is 1. The highest BCUT2D eigenvalue weighted by molar-refractivity contribution is 5.84. The molecule has 1 amide bonds. The molecular weight excluding hydrogens is 218 g/mol. The van der Waals surface area contributed by atoms with Gasteiger partial charge in [-0.3, -0.25) is 5.32 Å². The van der Waals surface area contributed by atoms with E-state index in [0.717, 1.165) is 0 Å². The Kier molecular flexibility index (Phi) is 4.89. The van der Waals surface area contributed by atoms with Crippen molar-refractivity contribution in [3.63, 3.8) is 0 Å². The third-order valence-electron chi connectivity index (χ3n) is 1.74. The number of rotatable bonds is 4. The van der Waals surface area contributed by atoms with Gasteiger partial charge in [-0.05, 0) is 26.0 Å². The fourth-order valence-electron chi connectivity index (χ4n) is 1.18. The minimum atomic E-state index is -0.579. The number of carbonyl (C=O) groups is 1. The molecule has 0 bridgehead atoms. The van der Waals surface area contributed by atoms with Crippen LogP contribution in [0.3, 0.4) is 0 Å². The maximum Gasteiger partial charge on any atom is 0.412 e. The Morgan fingerprint density at radius 3 is 2.94 bits per heavy atom. The van der Waals surface area contributed by atoms with E-state index >= 15 is 0 Å². The zero-order valence-corrected chi connectivity index (χ0v) is 9.90. The van der Waals surface area contributed by atoms with Gasteiger partial charge in [0.05, 0.1) is 6.10 Å². The maximum atomic E-state index is 11.2. The summed E-state index contributed by atoms with van der Waals surface area (Å²) in [5, 5.41) is 2.55. The van der Waals surface area contributed by atoms with Gasteiger partial charge in [-0.15, -0.1) is 6.42 Å². The van der Waals surface area contributed by atoms with Crippen LogP contribution in [-0.4, -0.2) is 18.8 Å². The fourth-order valence-corrected chi connectivity index (χ4v) is 1.18. The number of benzene rings is 1. The molecule has 0 spiro atoms. The van der Waals surface area contributed by atoms with Gasteiger partial charge >= 0.3 is 6.09 Å². The molecule has 0 saturated carbocycles. The monoisotopic (exact) mass is 233 g/mol. The van der Waals surface area contributed by atoms with Gasteiger partial charge in [0.25, 0.3) is 0 Å². The van der Waals surface area contributed by atoms with E-state index in [1.165, 1.54) is 0 Å². The summed E-state index contributed by atoms with van der Waals surface area (Å²) < 4.78 is 10.2. The minimum absolute atomic E-state index is 0.0476. The van der Waals surface area contributed by atoms with E-state index in [1.807, 2.05) is 19.9 Å². The van der Waals surface area contributed by atoms with Gasteiger partial charge in [0.15, 0.2) is 6.61 Å². The van der Waals surface area contributed by atoms with E-state index in [1.54, 1.807) is 18.2 Å². The second kappa shape index (κ2) is 6.44. The normalized spacial score (nSPS) is 9.53. The number of terminal acetylenes is 1. The molecule has 0 unspecified atom stereocenters. The average Bonchev–Trinajstić information content (AvgIpc) is 2.26. The number of anilines is 1. The molecule has 0 fully saturated rings. The van der Waals surface area contributed by atoms with Crippen molar-refractivity contribution < 1.29 is 14.3 Å². The Hall–Kier alpha value is -2.15. The first-order chi connectivity index (χ1) is 8.11. The lowest BCUT2D eigenvalue weighted by Crippen LogP contribution is -2.14. The standard InChI is InChI=1S/C13H15NO3/c1-4-8-16-13(15)14-11-6-5-7-12(9-11)17-10(2)3/h1,5-7,9-10H,8H2,2-3H3,(H,14,15). The summed E-state index contributed by atoms with van der Waals surface area (Å²) in [6.07, 6.45) is 4.48. The van der Waals surface area contributed by atoms with Gasteiger partial charge in [-0.2, -0.15) is 0 Å². The predicted molar refractivity (Wildman–Crippen MR) is 66.0 cm³/mol. The average molecular weight is 233 g/mol. The largest absolute Gasteiger partial charge is 0.491 e. The smallest absolute Gasteiger partial charge is 0.412 e. The van der Waals surface area contributed by atoms with E-state index in [9.17, 15) is 4.79 Å². The zero-order valence-electron chi connectivity index (χ0n) is 9.90. The molecule has 0 atom stereocenters. The third-order valence-corrected chi connectivity index (χ3v) is 1.74. The molecule has 1 rings (SSSR count). The van der Waals surface area contributed by atoms with Crippen molar-refractivity contribution in [2.75, 3.05) is 11.9 Å². The van der Waals surface area contributed by atoms with E-state index in [0.29, 0.717) is 11.4 Å². The van der Waals surface area contributed by atoms with Crippen molar-refractivity contribution in [1.82, 2.24) is 0 Å². The van der Waals surface area contributed by atoms with Crippen LogP contribution >= 0.6 is 0 Å². The van der Waals surface area contributed by atoms with Crippen LogP contribution in [0.1, 0.15) is 13.8 Å². The SMILES string of the molecule is C#CCOC(=O)Nc1cccc(OC(C)C)c1. The Labute approximate surface area is 101 Å². The second-order valence-electron chi connectivity index (χ2n) is 3.60. The molecule has 1 aromatic carbocycles. The molecule has 90 valence electrons. The highest BCUT2D eigenvalue weighted by Crippen LogP contribution is 2.18. The summed E-state index contributed by atoms with van der Waals surface area (Å²) >= 11 is 0. The van der Waals surface area contributed by atoms with Crippen LogP contribution in [-0.2, 0) is 4.74 Å². The van der Waals surface area contributed by atoms with Crippen molar-refractivity contribution in [3.8, 4) is 18.1 Å². The molecule has 17 heavy (non-hydrogen) atoms. The number of hydrogen-bond acceptors (Lipinski definition) is 3. The molecule has 0 aliphatic heterocycles. The van der Waals surface area contributed by atoms with E-state index in [2.05, 4.69) is 16.0 Å². The first-order valence-corrected chi connectivity index (χ1v) is 5.26.